The maximum Gasteiger partial charge on any atom is 0.288 e. The lowest BCUT2D eigenvalue weighted by Crippen LogP contribution is -2.37. The van der Waals surface area contributed by atoms with Crippen molar-refractivity contribution in [1.29, 1.82) is 0 Å². The fourth-order valence-electron chi connectivity index (χ4n) is 2.04. The molecule has 0 spiro atoms. The summed E-state index contributed by atoms with van der Waals surface area (Å²) in [5.74, 6) is 0.114. The van der Waals surface area contributed by atoms with Crippen molar-refractivity contribution >= 4 is 12.2 Å². The van der Waals surface area contributed by atoms with Crippen LogP contribution < -0.4 is 0 Å². The van der Waals surface area contributed by atoms with Gasteiger partial charge in [-0.25, -0.2) is 9.07 Å². The lowest BCUT2D eigenvalue weighted by atomic mass is 10.2. The van der Waals surface area contributed by atoms with Gasteiger partial charge in [0.25, 0.3) is 4.84 Å². The second-order valence-electron chi connectivity index (χ2n) is 4.55. The van der Waals surface area contributed by atoms with Crippen LogP contribution in [0.15, 0.2) is 28.7 Å². The molecule has 0 bridgehead atoms. The SMILES string of the molecule is Fc1ccc(-c2nn(CN3CCOCC3)c(=S)o2)cc1. The third-order valence-corrected chi connectivity index (χ3v) is 3.43. The highest BCUT2D eigenvalue weighted by atomic mass is 32.1. The molecule has 1 aliphatic heterocycles. The van der Waals surface area contributed by atoms with Gasteiger partial charge in [-0.2, -0.15) is 0 Å². The van der Waals surface area contributed by atoms with E-state index in [-0.39, 0.29) is 5.82 Å². The van der Waals surface area contributed by atoms with Gasteiger partial charge in [-0.1, -0.05) is 0 Å². The lowest BCUT2D eigenvalue weighted by Gasteiger charge is -2.25. The normalized spacial score (nSPS) is 16.4. The van der Waals surface area contributed by atoms with Crippen LogP contribution in [0.2, 0.25) is 0 Å². The van der Waals surface area contributed by atoms with Crippen LogP contribution in [0, 0.1) is 10.7 Å². The van der Waals surface area contributed by atoms with Crippen molar-refractivity contribution in [2.75, 3.05) is 26.3 Å². The van der Waals surface area contributed by atoms with Gasteiger partial charge in [0.05, 0.1) is 19.9 Å². The second kappa shape index (κ2) is 5.82. The van der Waals surface area contributed by atoms with Crippen LogP contribution in [-0.2, 0) is 11.4 Å². The number of hydrogen-bond acceptors (Lipinski definition) is 5. The van der Waals surface area contributed by atoms with E-state index >= 15 is 0 Å². The Hall–Kier alpha value is -1.57. The number of benzene rings is 1. The standard InChI is InChI=1S/C13H14FN3O2S/c14-11-3-1-10(2-4-11)12-15-17(13(20)19-12)9-16-5-7-18-8-6-16/h1-4H,5-9H2. The molecule has 1 saturated heterocycles. The average Bonchev–Trinajstić information content (AvgIpc) is 2.82. The molecular formula is C13H14FN3O2S. The fraction of sp³-hybridized carbons (Fsp3) is 0.385. The lowest BCUT2D eigenvalue weighted by molar-refractivity contribution is 0.0206. The minimum atomic E-state index is -0.292. The van der Waals surface area contributed by atoms with Gasteiger partial charge >= 0.3 is 0 Å². The van der Waals surface area contributed by atoms with E-state index in [2.05, 4.69) is 10.00 Å². The zero-order valence-electron chi connectivity index (χ0n) is 10.8. The van der Waals surface area contributed by atoms with Gasteiger partial charge in [-0.05, 0) is 36.5 Å². The molecule has 2 heterocycles. The van der Waals surface area contributed by atoms with Crippen LogP contribution in [0.25, 0.3) is 11.5 Å². The molecule has 0 radical (unpaired) electrons. The minimum absolute atomic E-state index is 0.292. The first-order valence-electron chi connectivity index (χ1n) is 6.36. The van der Waals surface area contributed by atoms with Crippen LogP contribution >= 0.6 is 12.2 Å². The fourth-order valence-corrected chi connectivity index (χ4v) is 2.21. The van der Waals surface area contributed by atoms with Crippen molar-refractivity contribution < 1.29 is 13.5 Å². The number of nitrogens with zero attached hydrogens (tertiary/aromatic N) is 3. The van der Waals surface area contributed by atoms with Gasteiger partial charge in [0.2, 0.25) is 5.89 Å². The number of hydrogen-bond donors (Lipinski definition) is 0. The average molecular weight is 295 g/mol. The monoisotopic (exact) mass is 295 g/mol. The van der Waals surface area contributed by atoms with Gasteiger partial charge in [0.1, 0.15) is 5.82 Å². The van der Waals surface area contributed by atoms with E-state index in [1.807, 2.05) is 0 Å². The third-order valence-electron chi connectivity index (χ3n) is 3.14. The van der Waals surface area contributed by atoms with E-state index in [0.29, 0.717) is 23.0 Å². The summed E-state index contributed by atoms with van der Waals surface area (Å²) in [7, 11) is 0. The van der Waals surface area contributed by atoms with E-state index in [1.165, 1.54) is 12.1 Å². The molecule has 5 nitrogen and oxygen atoms in total. The Bertz CT molecular complexity index is 632. The predicted molar refractivity (Wildman–Crippen MR) is 73.1 cm³/mol. The first-order chi connectivity index (χ1) is 9.72. The van der Waals surface area contributed by atoms with E-state index < -0.39 is 0 Å². The topological polar surface area (TPSA) is 43.4 Å². The summed E-state index contributed by atoms with van der Waals surface area (Å²) in [4.78, 5) is 2.51. The number of morpholine rings is 1. The smallest absolute Gasteiger partial charge is 0.288 e. The molecular weight excluding hydrogens is 281 g/mol. The zero-order valence-corrected chi connectivity index (χ0v) is 11.6. The van der Waals surface area contributed by atoms with Crippen molar-refractivity contribution in [2.45, 2.75) is 6.67 Å². The number of rotatable bonds is 3. The summed E-state index contributed by atoms with van der Waals surface area (Å²) in [6.07, 6.45) is 0. The van der Waals surface area contributed by atoms with Crippen LogP contribution in [0.1, 0.15) is 0 Å². The molecule has 0 aliphatic carbocycles. The third kappa shape index (κ3) is 2.95. The van der Waals surface area contributed by atoms with Crippen LogP contribution in [-0.4, -0.2) is 41.0 Å². The Morgan fingerprint density at radius 3 is 2.60 bits per heavy atom. The molecule has 1 aromatic carbocycles. The first-order valence-corrected chi connectivity index (χ1v) is 6.77. The highest BCUT2D eigenvalue weighted by Gasteiger charge is 2.14. The molecule has 2 aromatic rings. The van der Waals surface area contributed by atoms with Gasteiger partial charge in [0.15, 0.2) is 0 Å². The molecule has 0 atom stereocenters. The summed E-state index contributed by atoms with van der Waals surface area (Å²) < 4.78 is 25.3. The maximum absolute atomic E-state index is 12.9. The highest BCUT2D eigenvalue weighted by molar-refractivity contribution is 7.71. The number of ether oxygens (including phenoxy) is 1. The van der Waals surface area contributed by atoms with E-state index in [1.54, 1.807) is 16.8 Å². The van der Waals surface area contributed by atoms with Crippen molar-refractivity contribution in [3.05, 3.63) is 34.9 Å². The molecule has 106 valence electrons. The Balaban J connectivity index is 1.79. The number of aromatic nitrogens is 2. The van der Waals surface area contributed by atoms with Crippen molar-refractivity contribution in [2.24, 2.45) is 0 Å². The van der Waals surface area contributed by atoms with Crippen molar-refractivity contribution in [3.63, 3.8) is 0 Å². The summed E-state index contributed by atoms with van der Waals surface area (Å²) in [5, 5.41) is 4.34. The summed E-state index contributed by atoms with van der Waals surface area (Å²) in [5.41, 5.74) is 0.707. The summed E-state index contributed by atoms with van der Waals surface area (Å²) in [6, 6.07) is 5.98. The largest absolute Gasteiger partial charge is 0.409 e. The number of halogens is 1. The summed E-state index contributed by atoms with van der Waals surface area (Å²) >= 11 is 5.17. The predicted octanol–water partition coefficient (Wildman–Crippen LogP) is 2.30. The molecule has 0 unspecified atom stereocenters. The van der Waals surface area contributed by atoms with Crippen molar-refractivity contribution in [1.82, 2.24) is 14.7 Å². The van der Waals surface area contributed by atoms with Crippen molar-refractivity contribution in [3.8, 4) is 11.5 Å². The van der Waals surface area contributed by atoms with E-state index in [9.17, 15) is 4.39 Å². The molecule has 1 fully saturated rings. The van der Waals surface area contributed by atoms with Gasteiger partial charge < -0.3 is 9.15 Å². The maximum atomic E-state index is 12.9. The Labute approximate surface area is 120 Å². The second-order valence-corrected chi connectivity index (χ2v) is 4.90. The molecule has 20 heavy (non-hydrogen) atoms. The first kappa shape index (κ1) is 13.4. The molecule has 0 N–H and O–H groups in total. The van der Waals surface area contributed by atoms with E-state index in [0.717, 1.165) is 26.3 Å². The highest BCUT2D eigenvalue weighted by Crippen LogP contribution is 2.18. The molecule has 1 aliphatic rings. The van der Waals surface area contributed by atoms with Crippen LogP contribution in [0.4, 0.5) is 4.39 Å². The Kier molecular flexibility index (Phi) is 3.90. The molecule has 1 aromatic heterocycles. The molecule has 0 amide bonds. The van der Waals surface area contributed by atoms with Crippen LogP contribution in [0.5, 0.6) is 0 Å². The van der Waals surface area contributed by atoms with Crippen LogP contribution in [0.3, 0.4) is 0 Å². The summed E-state index contributed by atoms with van der Waals surface area (Å²) in [6.45, 7) is 3.71. The molecule has 0 saturated carbocycles. The molecule has 3 rings (SSSR count). The molecule has 7 heteroatoms. The zero-order chi connectivity index (χ0) is 13.9. The minimum Gasteiger partial charge on any atom is -0.409 e. The van der Waals surface area contributed by atoms with Gasteiger partial charge in [-0.15, -0.1) is 5.10 Å². The quantitative estimate of drug-likeness (QED) is 0.813. The van der Waals surface area contributed by atoms with Gasteiger partial charge in [0, 0.05) is 18.7 Å². The van der Waals surface area contributed by atoms with E-state index in [4.69, 9.17) is 21.4 Å². The Morgan fingerprint density at radius 1 is 1.20 bits per heavy atom. The Morgan fingerprint density at radius 2 is 1.90 bits per heavy atom. The van der Waals surface area contributed by atoms with Gasteiger partial charge in [-0.3, -0.25) is 4.90 Å².